The molecule has 5 nitrogen and oxygen atoms in total. The monoisotopic (exact) mass is 289 g/mol. The average Bonchev–Trinajstić information content (AvgIpc) is 2.90. The van der Waals surface area contributed by atoms with E-state index in [9.17, 15) is 9.59 Å². The summed E-state index contributed by atoms with van der Waals surface area (Å²) >= 11 is 0. The largest absolute Gasteiger partial charge is 0.351 e. The first kappa shape index (κ1) is 15.5. The number of nitrogens with one attached hydrogen (secondary N) is 1. The van der Waals surface area contributed by atoms with Gasteiger partial charge in [-0.2, -0.15) is 0 Å². The maximum Gasteiger partial charge on any atom is 0.237 e. The lowest BCUT2D eigenvalue weighted by Gasteiger charge is -2.17. The van der Waals surface area contributed by atoms with E-state index in [0.29, 0.717) is 13.0 Å². The van der Waals surface area contributed by atoms with Crippen molar-refractivity contribution in [3.63, 3.8) is 0 Å². The number of rotatable bonds is 5. The summed E-state index contributed by atoms with van der Waals surface area (Å²) in [5.74, 6) is 0.163. The molecular weight excluding hydrogens is 266 g/mol. The van der Waals surface area contributed by atoms with Crippen molar-refractivity contribution in [1.29, 1.82) is 0 Å². The molecule has 0 saturated carbocycles. The van der Waals surface area contributed by atoms with Gasteiger partial charge in [-0.25, -0.2) is 0 Å². The molecule has 0 aromatic heterocycles. The van der Waals surface area contributed by atoms with Gasteiger partial charge in [0.05, 0.1) is 6.04 Å². The van der Waals surface area contributed by atoms with Crippen LogP contribution in [0.1, 0.15) is 32.3 Å². The highest BCUT2D eigenvalue weighted by Crippen LogP contribution is 2.21. The lowest BCUT2D eigenvalue weighted by molar-refractivity contribution is -0.123. The van der Waals surface area contributed by atoms with Crippen molar-refractivity contribution in [2.45, 2.75) is 39.3 Å². The van der Waals surface area contributed by atoms with Crippen LogP contribution in [0.15, 0.2) is 24.3 Å². The Hall–Kier alpha value is -1.88. The molecule has 0 spiro atoms. The number of hydrogen-bond donors (Lipinski definition) is 2. The molecule has 2 amide bonds. The highest BCUT2D eigenvalue weighted by atomic mass is 16.2. The van der Waals surface area contributed by atoms with E-state index in [0.717, 1.165) is 24.2 Å². The summed E-state index contributed by atoms with van der Waals surface area (Å²) in [5.41, 5.74) is 7.71. The first-order valence-corrected chi connectivity index (χ1v) is 7.41. The van der Waals surface area contributed by atoms with Crippen LogP contribution in [0.2, 0.25) is 0 Å². The lowest BCUT2D eigenvalue weighted by atomic mass is 10.0. The Morgan fingerprint density at radius 3 is 2.52 bits per heavy atom. The maximum atomic E-state index is 11.8. The molecule has 1 aromatic rings. The van der Waals surface area contributed by atoms with Crippen LogP contribution in [0, 0.1) is 5.92 Å². The van der Waals surface area contributed by atoms with Crippen molar-refractivity contribution >= 4 is 17.5 Å². The smallest absolute Gasteiger partial charge is 0.237 e. The van der Waals surface area contributed by atoms with Gasteiger partial charge in [0.15, 0.2) is 0 Å². The molecule has 0 radical (unpaired) electrons. The van der Waals surface area contributed by atoms with Crippen molar-refractivity contribution in [2.75, 3.05) is 11.4 Å². The summed E-state index contributed by atoms with van der Waals surface area (Å²) in [4.78, 5) is 25.3. The van der Waals surface area contributed by atoms with Crippen molar-refractivity contribution in [3.8, 4) is 0 Å². The maximum absolute atomic E-state index is 11.8. The molecular formula is C16H23N3O2. The second-order valence-electron chi connectivity index (χ2n) is 5.80. The molecule has 114 valence electrons. The van der Waals surface area contributed by atoms with Crippen LogP contribution in [0.25, 0.3) is 0 Å². The molecule has 1 atom stereocenters. The summed E-state index contributed by atoms with van der Waals surface area (Å²) in [6, 6.07) is 7.23. The average molecular weight is 289 g/mol. The third-order valence-corrected chi connectivity index (χ3v) is 3.81. The van der Waals surface area contributed by atoms with Crippen LogP contribution in [0.5, 0.6) is 0 Å². The number of carbonyl (C=O) groups excluding carboxylic acids is 2. The second kappa shape index (κ2) is 6.72. The van der Waals surface area contributed by atoms with Gasteiger partial charge in [-0.15, -0.1) is 0 Å². The predicted molar refractivity (Wildman–Crippen MR) is 82.7 cm³/mol. The lowest BCUT2D eigenvalue weighted by Crippen LogP contribution is -2.43. The molecule has 1 aromatic carbocycles. The van der Waals surface area contributed by atoms with Crippen molar-refractivity contribution in [2.24, 2.45) is 11.7 Å². The highest BCUT2D eigenvalue weighted by molar-refractivity contribution is 5.95. The molecule has 0 bridgehead atoms. The van der Waals surface area contributed by atoms with E-state index in [1.54, 1.807) is 4.90 Å². The van der Waals surface area contributed by atoms with Crippen LogP contribution in [0.3, 0.4) is 0 Å². The topological polar surface area (TPSA) is 75.4 Å². The van der Waals surface area contributed by atoms with Crippen LogP contribution in [0.4, 0.5) is 5.69 Å². The van der Waals surface area contributed by atoms with E-state index in [-0.39, 0.29) is 17.7 Å². The Kier molecular flexibility index (Phi) is 4.96. The number of anilines is 1. The SMILES string of the molecule is CC(C)C(N)C(=O)NCc1ccc(N2CCCC2=O)cc1. The van der Waals surface area contributed by atoms with Gasteiger partial charge in [0.2, 0.25) is 11.8 Å². The van der Waals surface area contributed by atoms with E-state index in [2.05, 4.69) is 5.32 Å². The number of hydrogen-bond acceptors (Lipinski definition) is 3. The summed E-state index contributed by atoms with van der Waals surface area (Å²) in [5, 5.41) is 2.83. The Morgan fingerprint density at radius 1 is 1.33 bits per heavy atom. The van der Waals surface area contributed by atoms with Gasteiger partial charge in [0.1, 0.15) is 0 Å². The number of nitrogens with zero attached hydrogens (tertiary/aromatic N) is 1. The molecule has 1 saturated heterocycles. The zero-order valence-corrected chi connectivity index (χ0v) is 12.6. The Labute approximate surface area is 125 Å². The summed E-state index contributed by atoms with van der Waals surface area (Å²) < 4.78 is 0. The summed E-state index contributed by atoms with van der Waals surface area (Å²) in [7, 11) is 0. The van der Waals surface area contributed by atoms with Gasteiger partial charge < -0.3 is 16.0 Å². The van der Waals surface area contributed by atoms with Gasteiger partial charge >= 0.3 is 0 Å². The number of nitrogens with two attached hydrogens (primary N) is 1. The van der Waals surface area contributed by atoms with E-state index in [4.69, 9.17) is 5.73 Å². The third kappa shape index (κ3) is 3.82. The molecule has 3 N–H and O–H groups in total. The van der Waals surface area contributed by atoms with E-state index in [1.165, 1.54) is 0 Å². The molecule has 1 aliphatic rings. The molecule has 2 rings (SSSR count). The molecule has 1 unspecified atom stereocenters. The molecule has 0 aliphatic carbocycles. The first-order chi connectivity index (χ1) is 9.99. The fraction of sp³-hybridized carbons (Fsp3) is 0.500. The first-order valence-electron chi connectivity index (χ1n) is 7.41. The van der Waals surface area contributed by atoms with E-state index in [1.807, 2.05) is 38.1 Å². The van der Waals surface area contributed by atoms with E-state index < -0.39 is 6.04 Å². The van der Waals surface area contributed by atoms with Gasteiger partial charge in [0.25, 0.3) is 0 Å². The van der Waals surface area contributed by atoms with Crippen LogP contribution in [-0.2, 0) is 16.1 Å². The minimum Gasteiger partial charge on any atom is -0.351 e. The van der Waals surface area contributed by atoms with Crippen molar-refractivity contribution in [1.82, 2.24) is 5.32 Å². The van der Waals surface area contributed by atoms with Gasteiger partial charge in [-0.3, -0.25) is 9.59 Å². The second-order valence-corrected chi connectivity index (χ2v) is 5.80. The molecule has 1 heterocycles. The fourth-order valence-corrected chi connectivity index (χ4v) is 2.32. The molecule has 1 aliphatic heterocycles. The van der Waals surface area contributed by atoms with Gasteiger partial charge in [-0.1, -0.05) is 26.0 Å². The Balaban J connectivity index is 1.91. The Bertz CT molecular complexity index is 511. The minimum absolute atomic E-state index is 0.119. The minimum atomic E-state index is -0.480. The van der Waals surface area contributed by atoms with Gasteiger partial charge in [-0.05, 0) is 30.0 Å². The number of amides is 2. The zero-order chi connectivity index (χ0) is 15.4. The summed E-state index contributed by atoms with van der Waals surface area (Å²) in [6.45, 7) is 5.09. The summed E-state index contributed by atoms with van der Waals surface area (Å²) in [6.07, 6.45) is 1.55. The van der Waals surface area contributed by atoms with Crippen molar-refractivity contribution in [3.05, 3.63) is 29.8 Å². The Morgan fingerprint density at radius 2 is 2.00 bits per heavy atom. The van der Waals surface area contributed by atoms with E-state index >= 15 is 0 Å². The zero-order valence-electron chi connectivity index (χ0n) is 12.6. The van der Waals surface area contributed by atoms with Crippen LogP contribution < -0.4 is 16.0 Å². The highest BCUT2D eigenvalue weighted by Gasteiger charge is 2.21. The third-order valence-electron chi connectivity index (χ3n) is 3.81. The van der Waals surface area contributed by atoms with Gasteiger partial charge in [0, 0.05) is 25.2 Å². The predicted octanol–water partition coefficient (Wildman–Crippen LogP) is 1.41. The van der Waals surface area contributed by atoms with Crippen LogP contribution >= 0.6 is 0 Å². The molecule has 5 heteroatoms. The van der Waals surface area contributed by atoms with Crippen molar-refractivity contribution < 1.29 is 9.59 Å². The normalized spacial score (nSPS) is 16.4. The number of benzene rings is 1. The fourth-order valence-electron chi connectivity index (χ4n) is 2.32. The molecule has 21 heavy (non-hydrogen) atoms. The molecule has 1 fully saturated rings. The standard InChI is InChI=1S/C16H23N3O2/c1-11(2)15(17)16(21)18-10-12-5-7-13(8-6-12)19-9-3-4-14(19)20/h5-8,11,15H,3-4,9-10,17H2,1-2H3,(H,18,21). The van der Waals surface area contributed by atoms with Crippen LogP contribution in [-0.4, -0.2) is 24.4 Å². The quantitative estimate of drug-likeness (QED) is 0.860. The number of carbonyl (C=O) groups is 2.